The Morgan fingerprint density at radius 2 is 1.81 bits per heavy atom. The van der Waals surface area contributed by atoms with Crippen molar-refractivity contribution in [1.29, 1.82) is 0 Å². The van der Waals surface area contributed by atoms with Crippen LogP contribution in [0.3, 0.4) is 0 Å². The van der Waals surface area contributed by atoms with Crippen LogP contribution in [0.5, 0.6) is 0 Å². The fourth-order valence-corrected chi connectivity index (χ4v) is 2.03. The third kappa shape index (κ3) is 1.93. The van der Waals surface area contributed by atoms with Gasteiger partial charge in [0.1, 0.15) is 5.41 Å². The van der Waals surface area contributed by atoms with Crippen molar-refractivity contribution in [3.63, 3.8) is 0 Å². The van der Waals surface area contributed by atoms with Crippen LogP contribution in [0.15, 0.2) is 0 Å². The second-order valence-corrected chi connectivity index (χ2v) is 4.81. The molecule has 2 saturated carbocycles. The minimum atomic E-state index is -0.700. The van der Waals surface area contributed by atoms with Crippen LogP contribution in [0.1, 0.15) is 39.5 Å². The molecule has 0 saturated heterocycles. The molecule has 0 bridgehead atoms. The Kier molecular flexibility index (Phi) is 2.91. The van der Waals surface area contributed by atoms with Crippen LogP contribution >= 0.6 is 0 Å². The van der Waals surface area contributed by atoms with Crippen LogP contribution in [-0.4, -0.2) is 35.8 Å². The molecule has 16 heavy (non-hydrogen) atoms. The summed E-state index contributed by atoms with van der Waals surface area (Å²) >= 11 is 0. The Hall–Kier alpha value is -1.06. The molecule has 0 atom stereocenters. The van der Waals surface area contributed by atoms with E-state index in [4.69, 9.17) is 0 Å². The number of hydrogen-bond donors (Lipinski definition) is 1. The van der Waals surface area contributed by atoms with Crippen LogP contribution in [-0.2, 0) is 9.59 Å². The first-order valence-electron chi connectivity index (χ1n) is 6.24. The van der Waals surface area contributed by atoms with Gasteiger partial charge in [0.05, 0.1) is 0 Å². The summed E-state index contributed by atoms with van der Waals surface area (Å²) < 4.78 is 0. The van der Waals surface area contributed by atoms with Gasteiger partial charge in [-0.25, -0.2) is 0 Å². The van der Waals surface area contributed by atoms with Crippen LogP contribution in [0.2, 0.25) is 0 Å². The number of carbonyl (C=O) groups excluding carboxylic acids is 2. The second kappa shape index (κ2) is 4.07. The van der Waals surface area contributed by atoms with Crippen LogP contribution in [0.25, 0.3) is 0 Å². The minimum absolute atomic E-state index is 0.0238. The van der Waals surface area contributed by atoms with Gasteiger partial charge in [-0.15, -0.1) is 0 Å². The molecule has 0 radical (unpaired) electrons. The third-order valence-electron chi connectivity index (χ3n) is 3.56. The smallest absolute Gasteiger partial charge is 0.238 e. The Bertz CT molecular complexity index is 302. The molecule has 90 valence electrons. The Balaban J connectivity index is 2.00. The quantitative estimate of drug-likeness (QED) is 0.706. The molecule has 2 aliphatic carbocycles. The van der Waals surface area contributed by atoms with Crippen molar-refractivity contribution in [2.45, 2.75) is 45.6 Å². The first-order valence-corrected chi connectivity index (χ1v) is 6.24. The van der Waals surface area contributed by atoms with E-state index in [1.807, 2.05) is 13.8 Å². The zero-order valence-corrected chi connectivity index (χ0v) is 10.1. The van der Waals surface area contributed by atoms with Gasteiger partial charge in [-0.3, -0.25) is 9.59 Å². The highest BCUT2D eigenvalue weighted by Crippen LogP contribution is 2.48. The normalized spacial score (nSPS) is 21.4. The zero-order valence-electron chi connectivity index (χ0n) is 10.1. The lowest BCUT2D eigenvalue weighted by atomic mass is 10.0. The molecule has 2 rings (SSSR count). The number of rotatable bonds is 5. The molecule has 0 unspecified atom stereocenters. The van der Waals surface area contributed by atoms with E-state index in [1.54, 1.807) is 4.90 Å². The van der Waals surface area contributed by atoms with E-state index in [1.165, 1.54) is 0 Å². The molecule has 0 heterocycles. The van der Waals surface area contributed by atoms with Gasteiger partial charge in [-0.2, -0.15) is 0 Å². The van der Waals surface area contributed by atoms with E-state index in [2.05, 4.69) is 5.32 Å². The Morgan fingerprint density at radius 3 is 2.19 bits per heavy atom. The number of nitrogens with one attached hydrogen (secondary N) is 1. The van der Waals surface area contributed by atoms with Crippen molar-refractivity contribution in [1.82, 2.24) is 10.2 Å². The Morgan fingerprint density at radius 1 is 1.25 bits per heavy atom. The predicted octanol–water partition coefficient (Wildman–Crippen LogP) is 0.914. The van der Waals surface area contributed by atoms with Crippen molar-refractivity contribution in [3.05, 3.63) is 0 Å². The van der Waals surface area contributed by atoms with E-state index in [0.717, 1.165) is 25.7 Å². The van der Waals surface area contributed by atoms with Gasteiger partial charge >= 0.3 is 0 Å². The highest BCUT2D eigenvalue weighted by Gasteiger charge is 2.58. The average Bonchev–Trinajstić information content (AvgIpc) is 3.14. The molecule has 4 heteroatoms. The topological polar surface area (TPSA) is 49.4 Å². The summed E-state index contributed by atoms with van der Waals surface area (Å²) in [5, 5.41) is 2.95. The minimum Gasteiger partial charge on any atom is -0.352 e. The standard InChI is InChI=1S/C12H20N2O2/c1-3-14(4-2)11(16)12(7-8-12)10(15)13-9-5-6-9/h9H,3-8H2,1-2H3,(H,13,15). The SMILES string of the molecule is CCN(CC)C(=O)C1(C(=O)NC2CC2)CC1. The van der Waals surface area contributed by atoms with Crippen LogP contribution < -0.4 is 5.32 Å². The lowest BCUT2D eigenvalue weighted by Crippen LogP contribution is -2.45. The molecule has 0 spiro atoms. The molecular formula is C12H20N2O2. The fraction of sp³-hybridized carbons (Fsp3) is 0.833. The summed E-state index contributed by atoms with van der Waals surface area (Å²) in [6, 6.07) is 0.342. The maximum atomic E-state index is 12.2. The summed E-state index contributed by atoms with van der Waals surface area (Å²) in [4.78, 5) is 26.0. The summed E-state index contributed by atoms with van der Waals surface area (Å²) in [5.41, 5.74) is -0.700. The number of carbonyl (C=O) groups is 2. The lowest BCUT2D eigenvalue weighted by molar-refractivity contribution is -0.144. The summed E-state index contributed by atoms with van der Waals surface area (Å²) in [6.07, 6.45) is 3.59. The van der Waals surface area contributed by atoms with Gasteiger partial charge in [-0.1, -0.05) is 0 Å². The van der Waals surface area contributed by atoms with Crippen molar-refractivity contribution >= 4 is 11.8 Å². The molecule has 4 nitrogen and oxygen atoms in total. The first kappa shape index (κ1) is 11.4. The van der Waals surface area contributed by atoms with E-state index < -0.39 is 5.41 Å². The number of amides is 2. The predicted molar refractivity (Wildman–Crippen MR) is 60.8 cm³/mol. The van der Waals surface area contributed by atoms with Gasteiger partial charge in [0, 0.05) is 19.1 Å². The molecule has 2 amide bonds. The Labute approximate surface area is 96.4 Å². The van der Waals surface area contributed by atoms with Crippen molar-refractivity contribution in [2.75, 3.05) is 13.1 Å². The number of nitrogens with zero attached hydrogens (tertiary/aromatic N) is 1. The molecule has 0 aromatic rings. The fourth-order valence-electron chi connectivity index (χ4n) is 2.03. The average molecular weight is 224 g/mol. The molecule has 2 aliphatic rings. The van der Waals surface area contributed by atoms with Crippen LogP contribution in [0, 0.1) is 5.41 Å². The highest BCUT2D eigenvalue weighted by atomic mass is 16.2. The molecule has 2 fully saturated rings. The van der Waals surface area contributed by atoms with Gasteiger partial charge < -0.3 is 10.2 Å². The largest absolute Gasteiger partial charge is 0.352 e. The molecule has 1 N–H and O–H groups in total. The molecule has 0 aliphatic heterocycles. The maximum absolute atomic E-state index is 12.2. The van der Waals surface area contributed by atoms with E-state index in [-0.39, 0.29) is 11.8 Å². The molecule has 0 aromatic carbocycles. The summed E-state index contributed by atoms with van der Waals surface area (Å²) in [5.74, 6) is -0.0115. The van der Waals surface area contributed by atoms with E-state index in [0.29, 0.717) is 19.1 Å². The van der Waals surface area contributed by atoms with Crippen molar-refractivity contribution < 1.29 is 9.59 Å². The third-order valence-corrected chi connectivity index (χ3v) is 3.56. The number of hydrogen-bond acceptors (Lipinski definition) is 2. The van der Waals surface area contributed by atoms with Crippen molar-refractivity contribution in [2.24, 2.45) is 5.41 Å². The van der Waals surface area contributed by atoms with E-state index >= 15 is 0 Å². The maximum Gasteiger partial charge on any atom is 0.238 e. The molecule has 0 aromatic heterocycles. The van der Waals surface area contributed by atoms with Gasteiger partial charge in [0.2, 0.25) is 11.8 Å². The van der Waals surface area contributed by atoms with Crippen LogP contribution in [0.4, 0.5) is 0 Å². The second-order valence-electron chi connectivity index (χ2n) is 4.81. The molecular weight excluding hydrogens is 204 g/mol. The van der Waals surface area contributed by atoms with Gasteiger partial charge in [0.25, 0.3) is 0 Å². The van der Waals surface area contributed by atoms with E-state index in [9.17, 15) is 9.59 Å². The monoisotopic (exact) mass is 224 g/mol. The summed E-state index contributed by atoms with van der Waals surface area (Å²) in [6.45, 7) is 5.29. The van der Waals surface area contributed by atoms with Crippen molar-refractivity contribution in [3.8, 4) is 0 Å². The van der Waals surface area contributed by atoms with Gasteiger partial charge in [-0.05, 0) is 39.5 Å². The van der Waals surface area contributed by atoms with Gasteiger partial charge in [0.15, 0.2) is 0 Å². The highest BCUT2D eigenvalue weighted by molar-refractivity contribution is 6.08. The summed E-state index contributed by atoms with van der Waals surface area (Å²) in [7, 11) is 0. The zero-order chi connectivity index (χ0) is 11.8. The first-order chi connectivity index (χ1) is 7.64. The lowest BCUT2D eigenvalue weighted by Gasteiger charge is -2.24.